The summed E-state index contributed by atoms with van der Waals surface area (Å²) in [7, 11) is 0. The number of carbonyl (C=O) groups excluding carboxylic acids is 2. The Hall–Kier alpha value is -3.15. The lowest BCUT2D eigenvalue weighted by molar-refractivity contribution is -0.136. The average molecular weight is 339 g/mol. The molecule has 0 bridgehead atoms. The highest BCUT2D eigenvalue weighted by molar-refractivity contribution is 6.39. The standard InChI is InChI=1S/C19H21N3O3/c1-4-16(15-11-13(3)7-10-17(15)23)21-22-19(25)18(24)20-14-8-5-12(2)6-9-14/h5-11,23H,4H2,1-3H3,(H,20,24)(H,22,25)/b21-16+. The summed E-state index contributed by atoms with van der Waals surface area (Å²) in [5.74, 6) is -1.61. The number of nitrogens with one attached hydrogen (secondary N) is 2. The number of aryl methyl sites for hydroxylation is 2. The van der Waals surface area contributed by atoms with Gasteiger partial charge in [0.25, 0.3) is 0 Å². The second kappa shape index (κ2) is 8.10. The van der Waals surface area contributed by atoms with Crippen molar-refractivity contribution in [2.45, 2.75) is 27.2 Å². The zero-order valence-electron chi connectivity index (χ0n) is 14.5. The summed E-state index contributed by atoms with van der Waals surface area (Å²) in [6.07, 6.45) is 0.483. The average Bonchev–Trinajstić information content (AvgIpc) is 2.60. The van der Waals surface area contributed by atoms with Crippen LogP contribution in [0, 0.1) is 13.8 Å². The Morgan fingerprint density at radius 1 is 1.00 bits per heavy atom. The van der Waals surface area contributed by atoms with Gasteiger partial charge >= 0.3 is 11.8 Å². The molecule has 0 unspecified atom stereocenters. The van der Waals surface area contributed by atoms with Gasteiger partial charge in [-0.15, -0.1) is 0 Å². The van der Waals surface area contributed by atoms with Gasteiger partial charge in [-0.2, -0.15) is 5.10 Å². The van der Waals surface area contributed by atoms with Gasteiger partial charge < -0.3 is 10.4 Å². The number of anilines is 1. The van der Waals surface area contributed by atoms with E-state index in [2.05, 4.69) is 15.8 Å². The number of aromatic hydroxyl groups is 1. The van der Waals surface area contributed by atoms with Crippen LogP contribution in [-0.4, -0.2) is 22.6 Å². The van der Waals surface area contributed by atoms with Gasteiger partial charge in [-0.3, -0.25) is 9.59 Å². The fourth-order valence-electron chi connectivity index (χ4n) is 2.20. The molecule has 25 heavy (non-hydrogen) atoms. The number of phenolic OH excluding ortho intramolecular Hbond substituents is 1. The van der Waals surface area contributed by atoms with Crippen molar-refractivity contribution in [2.24, 2.45) is 5.10 Å². The van der Waals surface area contributed by atoms with E-state index in [-0.39, 0.29) is 5.75 Å². The number of hydrogen-bond acceptors (Lipinski definition) is 4. The number of nitrogens with zero attached hydrogens (tertiary/aromatic N) is 1. The minimum absolute atomic E-state index is 0.0737. The first-order valence-electron chi connectivity index (χ1n) is 7.95. The first-order valence-corrected chi connectivity index (χ1v) is 7.95. The topological polar surface area (TPSA) is 90.8 Å². The molecule has 2 rings (SSSR count). The monoisotopic (exact) mass is 339 g/mol. The van der Waals surface area contributed by atoms with E-state index in [1.807, 2.05) is 32.9 Å². The van der Waals surface area contributed by atoms with E-state index in [1.165, 1.54) is 0 Å². The van der Waals surface area contributed by atoms with Crippen LogP contribution in [0.25, 0.3) is 0 Å². The Kier molecular flexibility index (Phi) is 5.89. The summed E-state index contributed by atoms with van der Waals surface area (Å²) in [4.78, 5) is 23.8. The van der Waals surface area contributed by atoms with Gasteiger partial charge in [-0.05, 0) is 44.5 Å². The van der Waals surface area contributed by atoms with Crippen molar-refractivity contribution < 1.29 is 14.7 Å². The number of phenols is 1. The molecular formula is C19H21N3O3. The molecule has 0 saturated heterocycles. The molecule has 0 aromatic heterocycles. The molecule has 0 aliphatic carbocycles. The van der Waals surface area contributed by atoms with Crippen LogP contribution in [0.15, 0.2) is 47.6 Å². The third-order valence-corrected chi connectivity index (χ3v) is 3.61. The van der Waals surface area contributed by atoms with E-state index in [4.69, 9.17) is 0 Å². The van der Waals surface area contributed by atoms with E-state index >= 15 is 0 Å². The summed E-state index contributed by atoms with van der Waals surface area (Å²) in [5, 5.41) is 16.4. The van der Waals surface area contributed by atoms with E-state index < -0.39 is 11.8 Å². The molecule has 0 atom stereocenters. The number of amides is 2. The number of rotatable bonds is 4. The third kappa shape index (κ3) is 4.91. The summed E-state index contributed by atoms with van der Waals surface area (Å²) in [5.41, 5.74) is 5.79. The highest BCUT2D eigenvalue weighted by atomic mass is 16.3. The van der Waals surface area contributed by atoms with E-state index in [9.17, 15) is 14.7 Å². The molecule has 0 radical (unpaired) electrons. The highest BCUT2D eigenvalue weighted by Gasteiger charge is 2.14. The predicted molar refractivity (Wildman–Crippen MR) is 97.6 cm³/mol. The molecule has 3 N–H and O–H groups in total. The van der Waals surface area contributed by atoms with Crippen molar-refractivity contribution in [1.82, 2.24) is 5.43 Å². The second-order valence-electron chi connectivity index (χ2n) is 5.69. The Bertz CT molecular complexity index is 811. The minimum Gasteiger partial charge on any atom is -0.507 e. The first-order chi connectivity index (χ1) is 11.9. The SMILES string of the molecule is CC/C(=N\NC(=O)C(=O)Nc1ccc(C)cc1)c1cc(C)ccc1O. The zero-order valence-corrected chi connectivity index (χ0v) is 14.5. The molecule has 130 valence electrons. The highest BCUT2D eigenvalue weighted by Crippen LogP contribution is 2.20. The van der Waals surface area contributed by atoms with Crippen molar-refractivity contribution >= 4 is 23.2 Å². The fourth-order valence-corrected chi connectivity index (χ4v) is 2.20. The summed E-state index contributed by atoms with van der Waals surface area (Å²) in [6, 6.07) is 12.2. The van der Waals surface area contributed by atoms with Crippen LogP contribution in [0.5, 0.6) is 5.75 Å². The number of hydrazone groups is 1. The maximum absolute atomic E-state index is 11.9. The lowest BCUT2D eigenvalue weighted by Gasteiger charge is -2.09. The maximum atomic E-state index is 11.9. The molecule has 0 saturated carbocycles. The van der Waals surface area contributed by atoms with Gasteiger partial charge in [0.05, 0.1) is 5.71 Å². The number of benzene rings is 2. The van der Waals surface area contributed by atoms with E-state index in [0.29, 0.717) is 23.4 Å². The quantitative estimate of drug-likeness (QED) is 0.454. The summed E-state index contributed by atoms with van der Waals surface area (Å²) >= 11 is 0. The Morgan fingerprint density at radius 2 is 1.64 bits per heavy atom. The maximum Gasteiger partial charge on any atom is 0.329 e. The normalized spacial score (nSPS) is 11.1. The molecule has 0 aliphatic rings. The number of hydrogen-bond donors (Lipinski definition) is 3. The van der Waals surface area contributed by atoms with Gasteiger partial charge in [0, 0.05) is 11.3 Å². The molecule has 0 heterocycles. The van der Waals surface area contributed by atoms with Crippen LogP contribution in [0.3, 0.4) is 0 Å². The third-order valence-electron chi connectivity index (χ3n) is 3.61. The van der Waals surface area contributed by atoms with Crippen LogP contribution in [0.2, 0.25) is 0 Å². The van der Waals surface area contributed by atoms with Crippen molar-refractivity contribution in [2.75, 3.05) is 5.32 Å². The zero-order chi connectivity index (χ0) is 18.4. The molecule has 0 aliphatic heterocycles. The summed E-state index contributed by atoms with van der Waals surface area (Å²) in [6.45, 7) is 5.67. The molecule has 0 spiro atoms. The van der Waals surface area contributed by atoms with Gasteiger partial charge in [-0.1, -0.05) is 36.2 Å². The molecule has 2 amide bonds. The predicted octanol–water partition coefficient (Wildman–Crippen LogP) is 2.88. The van der Waals surface area contributed by atoms with Crippen LogP contribution >= 0.6 is 0 Å². The molecular weight excluding hydrogens is 318 g/mol. The fraction of sp³-hybridized carbons (Fsp3) is 0.211. The van der Waals surface area contributed by atoms with E-state index in [1.54, 1.807) is 30.3 Å². The Morgan fingerprint density at radius 3 is 2.28 bits per heavy atom. The van der Waals surface area contributed by atoms with Crippen molar-refractivity contribution in [1.29, 1.82) is 0 Å². The van der Waals surface area contributed by atoms with Gasteiger partial charge in [-0.25, -0.2) is 5.43 Å². The van der Waals surface area contributed by atoms with Crippen LogP contribution in [0.4, 0.5) is 5.69 Å². The molecule has 6 heteroatoms. The molecule has 0 fully saturated rings. The second-order valence-corrected chi connectivity index (χ2v) is 5.69. The summed E-state index contributed by atoms with van der Waals surface area (Å²) < 4.78 is 0. The first kappa shape index (κ1) is 18.2. The van der Waals surface area contributed by atoms with E-state index in [0.717, 1.165) is 11.1 Å². The van der Waals surface area contributed by atoms with Crippen molar-refractivity contribution in [3.8, 4) is 5.75 Å². The van der Waals surface area contributed by atoms with Crippen LogP contribution in [-0.2, 0) is 9.59 Å². The Balaban J connectivity index is 2.07. The lowest BCUT2D eigenvalue weighted by atomic mass is 10.0. The van der Waals surface area contributed by atoms with Crippen LogP contribution < -0.4 is 10.7 Å². The Labute approximate surface area is 146 Å². The molecule has 6 nitrogen and oxygen atoms in total. The minimum atomic E-state index is -0.876. The van der Waals surface area contributed by atoms with Gasteiger partial charge in [0.2, 0.25) is 0 Å². The van der Waals surface area contributed by atoms with Crippen LogP contribution in [0.1, 0.15) is 30.0 Å². The smallest absolute Gasteiger partial charge is 0.329 e. The molecule has 2 aromatic carbocycles. The van der Waals surface area contributed by atoms with Gasteiger partial charge in [0.1, 0.15) is 5.75 Å². The largest absolute Gasteiger partial charge is 0.507 e. The number of carbonyl (C=O) groups is 2. The van der Waals surface area contributed by atoms with Gasteiger partial charge in [0.15, 0.2) is 0 Å². The molecule has 2 aromatic rings. The van der Waals surface area contributed by atoms with Crippen molar-refractivity contribution in [3.05, 3.63) is 59.2 Å². The lowest BCUT2D eigenvalue weighted by Crippen LogP contribution is -2.33. The van der Waals surface area contributed by atoms with Crippen molar-refractivity contribution in [3.63, 3.8) is 0 Å².